The molecule has 0 saturated heterocycles. The molecule has 1 amide bonds. The first-order chi connectivity index (χ1) is 14.8. The second-order valence-corrected chi connectivity index (χ2v) is 9.66. The zero-order valence-corrected chi connectivity index (χ0v) is 19.6. The number of nitrogens with one attached hydrogen (secondary N) is 1. The number of carbonyl (C=O) groups excluding carboxylic acids is 1. The number of sulfonamides is 1. The topological polar surface area (TPSA) is 105 Å². The first-order valence-corrected chi connectivity index (χ1v) is 12.1. The summed E-state index contributed by atoms with van der Waals surface area (Å²) in [5.41, 5.74) is 0.985. The molecule has 10 heteroatoms. The van der Waals surface area contributed by atoms with E-state index in [9.17, 15) is 13.2 Å². The average molecular weight is 507 g/mol. The lowest BCUT2D eigenvalue weighted by Crippen LogP contribution is -2.32. The number of nitrogens with zero attached hydrogens (tertiary/aromatic N) is 3. The summed E-state index contributed by atoms with van der Waals surface area (Å²) < 4.78 is 33.5. The maximum absolute atomic E-state index is 12.8. The number of aromatic nitrogens is 2. The highest BCUT2D eigenvalue weighted by molar-refractivity contribution is 9.10. The number of halogens is 1. The largest absolute Gasteiger partial charge is 0.403 e. The number of hydrogen-bond acceptors (Lipinski definition) is 6. The molecule has 3 aromatic rings. The maximum atomic E-state index is 12.8. The summed E-state index contributed by atoms with van der Waals surface area (Å²) in [7, 11) is -3.60. The average Bonchev–Trinajstić information content (AvgIpc) is 3.22. The van der Waals surface area contributed by atoms with Crippen LogP contribution < -0.4 is 5.32 Å². The van der Waals surface area contributed by atoms with Crippen molar-refractivity contribution in [3.63, 3.8) is 0 Å². The highest BCUT2D eigenvalue weighted by Crippen LogP contribution is 2.23. The molecule has 0 atom stereocenters. The predicted molar refractivity (Wildman–Crippen MR) is 121 cm³/mol. The van der Waals surface area contributed by atoms with E-state index in [4.69, 9.17) is 4.42 Å². The van der Waals surface area contributed by atoms with Gasteiger partial charge in [0, 0.05) is 28.7 Å². The Morgan fingerprint density at radius 1 is 1.06 bits per heavy atom. The van der Waals surface area contributed by atoms with Gasteiger partial charge < -0.3 is 4.42 Å². The van der Waals surface area contributed by atoms with E-state index in [2.05, 4.69) is 31.4 Å². The van der Waals surface area contributed by atoms with Gasteiger partial charge >= 0.3 is 6.01 Å². The van der Waals surface area contributed by atoms with E-state index >= 15 is 0 Å². The zero-order valence-electron chi connectivity index (χ0n) is 17.2. The molecule has 8 nitrogen and oxygen atoms in total. The molecular weight excluding hydrogens is 484 g/mol. The molecule has 0 aliphatic heterocycles. The molecule has 0 radical (unpaired) electrons. The van der Waals surface area contributed by atoms with Crippen LogP contribution in [0.1, 0.15) is 37.0 Å². The van der Waals surface area contributed by atoms with Gasteiger partial charge in [-0.3, -0.25) is 10.1 Å². The number of amides is 1. The maximum Gasteiger partial charge on any atom is 0.322 e. The van der Waals surface area contributed by atoms with Crippen LogP contribution in [0, 0.1) is 0 Å². The van der Waals surface area contributed by atoms with Crippen molar-refractivity contribution in [2.45, 2.75) is 31.6 Å². The molecule has 0 spiro atoms. The monoisotopic (exact) mass is 506 g/mol. The van der Waals surface area contributed by atoms with Crippen LogP contribution in [-0.4, -0.2) is 41.9 Å². The fourth-order valence-electron chi connectivity index (χ4n) is 2.96. The lowest BCUT2D eigenvalue weighted by Gasteiger charge is -2.21. The van der Waals surface area contributed by atoms with Crippen LogP contribution in [0.3, 0.4) is 0 Å². The lowest BCUT2D eigenvalue weighted by molar-refractivity contribution is 0.102. The molecule has 1 heterocycles. The molecule has 2 aromatic carbocycles. The first-order valence-electron chi connectivity index (χ1n) is 9.86. The van der Waals surface area contributed by atoms with Crippen molar-refractivity contribution in [2.75, 3.05) is 18.4 Å². The fraction of sp³-hybridized carbons (Fsp3) is 0.286. The first kappa shape index (κ1) is 23.1. The van der Waals surface area contributed by atoms with Crippen molar-refractivity contribution in [3.05, 3.63) is 58.6 Å². The molecule has 1 N–H and O–H groups in total. The van der Waals surface area contributed by atoms with Crippen LogP contribution >= 0.6 is 15.9 Å². The Hall–Kier alpha value is -2.56. The van der Waals surface area contributed by atoms with Crippen molar-refractivity contribution >= 4 is 37.9 Å². The molecule has 0 fully saturated rings. The Kier molecular flexibility index (Phi) is 7.58. The quantitative estimate of drug-likeness (QED) is 0.455. The van der Waals surface area contributed by atoms with E-state index in [0.29, 0.717) is 18.7 Å². The van der Waals surface area contributed by atoms with E-state index in [1.807, 2.05) is 38.1 Å². The van der Waals surface area contributed by atoms with Gasteiger partial charge in [0.2, 0.25) is 15.9 Å². The standard InChI is InChI=1S/C21H23BrN4O4S/c1-3-12-26(13-4-2)31(28,29)18-10-8-15(9-11-18)19(27)23-21-25-24-20(30-21)16-6-5-7-17(22)14-16/h5-11,14H,3-4,12-13H2,1-2H3,(H,23,25,27). The normalized spacial score (nSPS) is 11.6. The van der Waals surface area contributed by atoms with Crippen LogP contribution in [0.5, 0.6) is 0 Å². The molecule has 1 aromatic heterocycles. The van der Waals surface area contributed by atoms with Crippen LogP contribution in [0.4, 0.5) is 6.01 Å². The summed E-state index contributed by atoms with van der Waals surface area (Å²) >= 11 is 3.38. The second kappa shape index (κ2) is 10.2. The number of benzene rings is 2. The molecule has 0 aliphatic carbocycles. The number of carbonyl (C=O) groups is 1. The van der Waals surface area contributed by atoms with Crippen LogP contribution in [-0.2, 0) is 10.0 Å². The highest BCUT2D eigenvalue weighted by Gasteiger charge is 2.23. The van der Waals surface area contributed by atoms with Crippen molar-refractivity contribution in [1.82, 2.24) is 14.5 Å². The lowest BCUT2D eigenvalue weighted by atomic mass is 10.2. The number of hydrogen-bond donors (Lipinski definition) is 1. The van der Waals surface area contributed by atoms with Crippen molar-refractivity contribution in [3.8, 4) is 11.5 Å². The molecule has 0 bridgehead atoms. The molecule has 0 aliphatic rings. The predicted octanol–water partition coefficient (Wildman–Crippen LogP) is 4.56. The summed E-state index contributed by atoms with van der Waals surface area (Å²) in [5.74, 6) is -0.211. The SMILES string of the molecule is CCCN(CCC)S(=O)(=O)c1ccc(C(=O)Nc2nnc(-c3cccc(Br)c3)o2)cc1. The van der Waals surface area contributed by atoms with E-state index < -0.39 is 15.9 Å². The van der Waals surface area contributed by atoms with Crippen molar-refractivity contribution in [2.24, 2.45) is 0 Å². The Morgan fingerprint density at radius 3 is 2.35 bits per heavy atom. The van der Waals surface area contributed by atoms with Crippen LogP contribution in [0.15, 0.2) is 62.3 Å². The van der Waals surface area contributed by atoms with Crippen LogP contribution in [0.25, 0.3) is 11.5 Å². The zero-order chi connectivity index (χ0) is 22.4. The minimum atomic E-state index is -3.60. The third kappa shape index (κ3) is 5.57. The Bertz CT molecular complexity index is 1140. The third-order valence-corrected chi connectivity index (χ3v) is 6.82. The van der Waals surface area contributed by atoms with E-state index in [1.54, 1.807) is 0 Å². The van der Waals surface area contributed by atoms with Gasteiger partial charge in [-0.1, -0.05) is 40.9 Å². The van der Waals surface area contributed by atoms with Crippen LogP contribution in [0.2, 0.25) is 0 Å². The Labute approximate surface area is 189 Å². The van der Waals surface area contributed by atoms with Gasteiger partial charge in [-0.05, 0) is 55.3 Å². The molecular formula is C21H23BrN4O4S. The third-order valence-electron chi connectivity index (χ3n) is 4.42. The van der Waals surface area contributed by atoms with Gasteiger partial charge in [-0.2, -0.15) is 4.31 Å². The summed E-state index contributed by atoms with van der Waals surface area (Å²) in [6.07, 6.45) is 1.46. The minimum Gasteiger partial charge on any atom is -0.403 e. The summed E-state index contributed by atoms with van der Waals surface area (Å²) in [6, 6.07) is 13.1. The van der Waals surface area contributed by atoms with Crippen molar-refractivity contribution in [1.29, 1.82) is 0 Å². The van der Waals surface area contributed by atoms with Crippen molar-refractivity contribution < 1.29 is 17.6 Å². The minimum absolute atomic E-state index is 0.0475. The molecule has 31 heavy (non-hydrogen) atoms. The molecule has 164 valence electrons. The van der Waals surface area contributed by atoms with Gasteiger partial charge in [0.1, 0.15) is 0 Å². The van der Waals surface area contributed by atoms with E-state index in [0.717, 1.165) is 17.3 Å². The Morgan fingerprint density at radius 2 is 1.74 bits per heavy atom. The van der Waals surface area contributed by atoms with Gasteiger partial charge in [-0.25, -0.2) is 8.42 Å². The van der Waals surface area contributed by atoms with Gasteiger partial charge in [-0.15, -0.1) is 5.10 Å². The molecule has 0 unspecified atom stereocenters. The van der Waals surface area contributed by atoms with Gasteiger partial charge in [0.05, 0.1) is 4.90 Å². The number of rotatable bonds is 9. The smallest absolute Gasteiger partial charge is 0.322 e. The fourth-order valence-corrected chi connectivity index (χ4v) is 4.98. The van der Waals surface area contributed by atoms with E-state index in [1.165, 1.54) is 28.6 Å². The summed E-state index contributed by atoms with van der Waals surface area (Å²) in [4.78, 5) is 12.7. The van der Waals surface area contributed by atoms with E-state index in [-0.39, 0.29) is 22.4 Å². The second-order valence-electron chi connectivity index (χ2n) is 6.81. The van der Waals surface area contributed by atoms with Gasteiger partial charge in [0.25, 0.3) is 5.91 Å². The summed E-state index contributed by atoms with van der Waals surface area (Å²) in [5, 5.41) is 10.3. The molecule has 3 rings (SSSR count). The van der Waals surface area contributed by atoms with Gasteiger partial charge in [0.15, 0.2) is 0 Å². The number of anilines is 1. The Balaban J connectivity index is 1.72. The molecule has 0 saturated carbocycles. The summed E-state index contributed by atoms with van der Waals surface area (Å²) in [6.45, 7) is 4.78. The highest BCUT2D eigenvalue weighted by atomic mass is 79.9.